The van der Waals surface area contributed by atoms with Gasteiger partial charge in [0.15, 0.2) is 0 Å². The Balaban J connectivity index is 2.27. The van der Waals surface area contributed by atoms with Gasteiger partial charge in [-0.2, -0.15) is 0 Å². The molecule has 4 nitrogen and oxygen atoms in total. The number of carbonyl (C=O) groups excluding carboxylic acids is 2. The second kappa shape index (κ2) is 9.31. The van der Waals surface area contributed by atoms with Crippen molar-refractivity contribution in [2.24, 2.45) is 0 Å². The van der Waals surface area contributed by atoms with Gasteiger partial charge in [-0.25, -0.2) is 4.39 Å². The summed E-state index contributed by atoms with van der Waals surface area (Å²) in [5.74, 6) is -0.920. The fourth-order valence-electron chi connectivity index (χ4n) is 2.86. The topological polar surface area (TPSA) is 49.4 Å². The lowest BCUT2D eigenvalue weighted by Gasteiger charge is -2.30. The van der Waals surface area contributed by atoms with Crippen molar-refractivity contribution in [1.82, 2.24) is 10.2 Å². The smallest absolute Gasteiger partial charge is 0.242 e. The first kappa shape index (κ1) is 20.6. The number of hydrogen-bond acceptors (Lipinski definition) is 2. The van der Waals surface area contributed by atoms with Crippen LogP contribution in [0.15, 0.2) is 48.5 Å². The van der Waals surface area contributed by atoms with Crippen LogP contribution < -0.4 is 5.32 Å². The van der Waals surface area contributed by atoms with Gasteiger partial charge in [0, 0.05) is 12.6 Å². The van der Waals surface area contributed by atoms with Crippen molar-refractivity contribution in [2.45, 2.75) is 52.7 Å². The lowest BCUT2D eigenvalue weighted by molar-refractivity contribution is -0.140. The molecule has 0 unspecified atom stereocenters. The van der Waals surface area contributed by atoms with Gasteiger partial charge in [-0.1, -0.05) is 42.5 Å². The summed E-state index contributed by atoms with van der Waals surface area (Å²) in [5, 5.41) is 2.85. The second-order valence-electron chi connectivity index (χ2n) is 7.06. The summed E-state index contributed by atoms with van der Waals surface area (Å²) in [6.45, 7) is 7.71. The van der Waals surface area contributed by atoms with Gasteiger partial charge in [0.2, 0.25) is 11.8 Å². The van der Waals surface area contributed by atoms with Crippen molar-refractivity contribution in [2.75, 3.05) is 0 Å². The number of hydrogen-bond donors (Lipinski definition) is 1. The molecule has 2 aromatic carbocycles. The highest BCUT2D eigenvalue weighted by Crippen LogP contribution is 2.16. The third kappa shape index (κ3) is 5.64. The quantitative estimate of drug-likeness (QED) is 0.809. The van der Waals surface area contributed by atoms with E-state index in [9.17, 15) is 14.0 Å². The van der Waals surface area contributed by atoms with E-state index >= 15 is 0 Å². The summed E-state index contributed by atoms with van der Waals surface area (Å²) in [6.07, 6.45) is -0.0855. The molecule has 2 rings (SSSR count). The molecule has 0 bridgehead atoms. The molecule has 2 amide bonds. The molecule has 0 aromatic heterocycles. The number of rotatable bonds is 7. The molecule has 144 valence electrons. The van der Waals surface area contributed by atoms with Crippen LogP contribution in [-0.2, 0) is 22.6 Å². The van der Waals surface area contributed by atoms with Crippen LogP contribution in [0.25, 0.3) is 0 Å². The molecule has 0 fully saturated rings. The lowest BCUT2D eigenvalue weighted by Crippen LogP contribution is -2.49. The van der Waals surface area contributed by atoms with Crippen molar-refractivity contribution >= 4 is 11.8 Å². The molecule has 1 N–H and O–H groups in total. The average Bonchev–Trinajstić information content (AvgIpc) is 2.61. The normalized spacial score (nSPS) is 11.9. The summed E-state index contributed by atoms with van der Waals surface area (Å²) >= 11 is 0. The molecule has 5 heteroatoms. The molecular formula is C22H27FN2O2. The Hall–Kier alpha value is -2.69. The summed E-state index contributed by atoms with van der Waals surface area (Å²) in [7, 11) is 0. The number of nitrogens with one attached hydrogen (secondary N) is 1. The highest BCUT2D eigenvalue weighted by atomic mass is 19.1. The van der Waals surface area contributed by atoms with E-state index in [4.69, 9.17) is 0 Å². The maximum absolute atomic E-state index is 14.0. The van der Waals surface area contributed by atoms with Crippen LogP contribution in [0.5, 0.6) is 0 Å². The van der Waals surface area contributed by atoms with E-state index < -0.39 is 11.9 Å². The maximum atomic E-state index is 14.0. The fourth-order valence-corrected chi connectivity index (χ4v) is 2.86. The number of halogens is 1. The zero-order valence-corrected chi connectivity index (χ0v) is 16.3. The highest BCUT2D eigenvalue weighted by Gasteiger charge is 2.27. The van der Waals surface area contributed by atoms with Crippen LogP contribution in [0.2, 0.25) is 0 Å². The van der Waals surface area contributed by atoms with Gasteiger partial charge in [0.25, 0.3) is 0 Å². The Bertz CT molecular complexity index is 804. The maximum Gasteiger partial charge on any atom is 0.242 e. The summed E-state index contributed by atoms with van der Waals surface area (Å²) < 4.78 is 14.0. The first-order valence-corrected chi connectivity index (χ1v) is 9.17. The summed E-state index contributed by atoms with van der Waals surface area (Å²) in [5.41, 5.74) is 2.33. The third-order valence-electron chi connectivity index (χ3n) is 4.50. The zero-order valence-electron chi connectivity index (χ0n) is 16.3. The van der Waals surface area contributed by atoms with Crippen molar-refractivity contribution in [1.29, 1.82) is 0 Å². The number of benzene rings is 2. The third-order valence-corrected chi connectivity index (χ3v) is 4.50. The standard InChI is InChI=1S/C22H27FN2O2/c1-15(2)24-22(27)17(4)25(14-19-11-6-5-9-16(19)3)21(26)13-18-10-7-8-12-20(18)23/h5-12,15,17H,13-14H2,1-4H3,(H,24,27)/t17-/m1/s1. The Labute approximate surface area is 160 Å². The number of amides is 2. The largest absolute Gasteiger partial charge is 0.352 e. The molecule has 0 spiro atoms. The zero-order chi connectivity index (χ0) is 20.0. The van der Waals surface area contributed by atoms with Crippen LogP contribution in [0.4, 0.5) is 4.39 Å². The molecule has 1 atom stereocenters. The van der Waals surface area contributed by atoms with Gasteiger partial charge in [0.05, 0.1) is 6.42 Å². The predicted octanol–water partition coefficient (Wildman–Crippen LogP) is 3.62. The Morgan fingerprint density at radius 3 is 2.19 bits per heavy atom. The van der Waals surface area contributed by atoms with Crippen molar-refractivity contribution in [3.63, 3.8) is 0 Å². The molecule has 0 saturated carbocycles. The van der Waals surface area contributed by atoms with Gasteiger partial charge in [-0.05, 0) is 50.5 Å². The van der Waals surface area contributed by atoms with Gasteiger partial charge in [-0.3, -0.25) is 9.59 Å². The minimum Gasteiger partial charge on any atom is -0.352 e. The van der Waals surface area contributed by atoms with Gasteiger partial charge in [-0.15, -0.1) is 0 Å². The minimum absolute atomic E-state index is 0.0260. The highest BCUT2D eigenvalue weighted by molar-refractivity contribution is 5.88. The van der Waals surface area contributed by atoms with Gasteiger partial charge < -0.3 is 10.2 Å². The summed E-state index contributed by atoms with van der Waals surface area (Å²) in [6, 6.07) is 13.3. The molecule has 0 saturated heterocycles. The van der Waals surface area contributed by atoms with E-state index in [1.807, 2.05) is 45.0 Å². The van der Waals surface area contributed by atoms with E-state index in [-0.39, 0.29) is 24.3 Å². The van der Waals surface area contributed by atoms with Crippen LogP contribution in [-0.4, -0.2) is 28.8 Å². The van der Waals surface area contributed by atoms with E-state index in [0.717, 1.165) is 11.1 Å². The van der Waals surface area contributed by atoms with Gasteiger partial charge >= 0.3 is 0 Å². The van der Waals surface area contributed by atoms with E-state index in [0.29, 0.717) is 12.1 Å². The van der Waals surface area contributed by atoms with Crippen LogP contribution in [0.3, 0.4) is 0 Å². The van der Waals surface area contributed by atoms with E-state index in [1.165, 1.54) is 11.0 Å². The van der Waals surface area contributed by atoms with Crippen molar-refractivity contribution in [3.8, 4) is 0 Å². The van der Waals surface area contributed by atoms with Crippen LogP contribution in [0.1, 0.15) is 37.5 Å². The Kier molecular flexibility index (Phi) is 7.11. The lowest BCUT2D eigenvalue weighted by atomic mass is 10.1. The molecule has 0 radical (unpaired) electrons. The van der Waals surface area contributed by atoms with Crippen molar-refractivity contribution < 1.29 is 14.0 Å². The molecular weight excluding hydrogens is 343 g/mol. The molecule has 0 aliphatic rings. The fraction of sp³-hybridized carbons (Fsp3) is 0.364. The molecule has 27 heavy (non-hydrogen) atoms. The minimum atomic E-state index is -0.661. The molecule has 0 aliphatic carbocycles. The van der Waals surface area contributed by atoms with Gasteiger partial charge in [0.1, 0.15) is 11.9 Å². The number of carbonyl (C=O) groups is 2. The predicted molar refractivity (Wildman–Crippen MR) is 105 cm³/mol. The first-order chi connectivity index (χ1) is 12.8. The SMILES string of the molecule is Cc1ccccc1CN(C(=O)Cc1ccccc1F)[C@H](C)C(=O)NC(C)C. The second-order valence-corrected chi connectivity index (χ2v) is 7.06. The number of nitrogens with zero attached hydrogens (tertiary/aromatic N) is 1. The van der Waals surface area contributed by atoms with Crippen molar-refractivity contribution in [3.05, 3.63) is 71.0 Å². The first-order valence-electron chi connectivity index (χ1n) is 9.17. The Morgan fingerprint density at radius 2 is 1.59 bits per heavy atom. The molecule has 2 aromatic rings. The van der Waals surface area contributed by atoms with E-state index in [2.05, 4.69) is 5.32 Å². The summed E-state index contributed by atoms with van der Waals surface area (Å²) in [4.78, 5) is 27.0. The van der Waals surface area contributed by atoms with E-state index in [1.54, 1.807) is 25.1 Å². The van der Waals surface area contributed by atoms with Crippen LogP contribution >= 0.6 is 0 Å². The average molecular weight is 370 g/mol. The van der Waals surface area contributed by atoms with Crippen LogP contribution in [0, 0.1) is 12.7 Å². The Morgan fingerprint density at radius 1 is 1.00 bits per heavy atom. The monoisotopic (exact) mass is 370 g/mol. The molecule has 0 heterocycles. The number of aryl methyl sites for hydroxylation is 1. The molecule has 0 aliphatic heterocycles.